The van der Waals surface area contributed by atoms with Crippen molar-refractivity contribution >= 4 is 17.2 Å². The van der Waals surface area contributed by atoms with Gasteiger partial charge < -0.3 is 9.64 Å². The summed E-state index contributed by atoms with van der Waals surface area (Å²) in [5.74, 6) is 0.132. The van der Waals surface area contributed by atoms with Gasteiger partial charge in [-0.1, -0.05) is 12.1 Å². The van der Waals surface area contributed by atoms with E-state index in [0.29, 0.717) is 34.4 Å². The van der Waals surface area contributed by atoms with E-state index in [2.05, 4.69) is 15.0 Å². The number of hydrogen-bond donors (Lipinski definition) is 0. The Morgan fingerprint density at radius 1 is 1.20 bits per heavy atom. The molecule has 0 bridgehead atoms. The molecule has 0 aliphatic carbocycles. The van der Waals surface area contributed by atoms with Crippen molar-refractivity contribution in [1.82, 2.24) is 19.9 Å². The molecule has 0 spiro atoms. The Labute approximate surface area is 146 Å². The fraction of sp³-hybridized carbons (Fsp3) is 0.176. The normalized spacial score (nSPS) is 13.7. The van der Waals surface area contributed by atoms with Gasteiger partial charge in [-0.15, -0.1) is 11.3 Å². The van der Waals surface area contributed by atoms with Crippen LogP contribution in [0.3, 0.4) is 0 Å². The monoisotopic (exact) mass is 356 g/mol. The van der Waals surface area contributed by atoms with Gasteiger partial charge in [-0.25, -0.2) is 19.3 Å². The first-order chi connectivity index (χ1) is 12.2. The van der Waals surface area contributed by atoms with E-state index in [9.17, 15) is 9.18 Å². The first kappa shape index (κ1) is 15.6. The van der Waals surface area contributed by atoms with E-state index in [0.717, 1.165) is 0 Å². The van der Waals surface area contributed by atoms with Gasteiger partial charge in [0.15, 0.2) is 22.4 Å². The lowest BCUT2D eigenvalue weighted by Gasteiger charge is -2.18. The number of halogens is 1. The smallest absolute Gasteiger partial charge is 0.266 e. The first-order valence-corrected chi connectivity index (χ1v) is 8.47. The number of hydrogen-bond acceptors (Lipinski definition) is 6. The number of carbonyl (C=O) groups excluding carboxylic acids is 1. The summed E-state index contributed by atoms with van der Waals surface area (Å²) >= 11 is 1.24. The van der Waals surface area contributed by atoms with Gasteiger partial charge in [-0.05, 0) is 12.1 Å². The van der Waals surface area contributed by atoms with Crippen LogP contribution in [0.25, 0.3) is 10.8 Å². The molecular weight excluding hydrogens is 343 g/mol. The molecule has 0 saturated carbocycles. The van der Waals surface area contributed by atoms with Crippen LogP contribution in [0.4, 0.5) is 4.39 Å². The molecule has 6 nitrogen and oxygen atoms in total. The highest BCUT2D eigenvalue weighted by atomic mass is 32.1. The highest BCUT2D eigenvalue weighted by Gasteiger charge is 2.24. The van der Waals surface area contributed by atoms with Crippen molar-refractivity contribution in [2.75, 3.05) is 13.2 Å². The largest absolute Gasteiger partial charge is 0.488 e. The summed E-state index contributed by atoms with van der Waals surface area (Å²) in [7, 11) is 0. The minimum Gasteiger partial charge on any atom is -0.488 e. The Kier molecular flexibility index (Phi) is 4.10. The highest BCUT2D eigenvalue weighted by Crippen LogP contribution is 2.28. The number of nitrogens with zero attached hydrogens (tertiary/aromatic N) is 4. The van der Waals surface area contributed by atoms with E-state index < -0.39 is 5.82 Å². The number of rotatable bonds is 2. The van der Waals surface area contributed by atoms with Crippen LogP contribution >= 0.6 is 11.3 Å². The number of para-hydroxylation sites is 1. The molecule has 8 heteroatoms. The van der Waals surface area contributed by atoms with Crippen LogP contribution in [0.2, 0.25) is 0 Å². The fourth-order valence-electron chi connectivity index (χ4n) is 2.60. The van der Waals surface area contributed by atoms with Crippen LogP contribution in [0.5, 0.6) is 5.75 Å². The molecule has 0 fully saturated rings. The molecule has 0 unspecified atom stereocenters. The Morgan fingerprint density at radius 2 is 2.04 bits per heavy atom. The van der Waals surface area contributed by atoms with Crippen molar-refractivity contribution < 1.29 is 13.9 Å². The summed E-state index contributed by atoms with van der Waals surface area (Å²) in [4.78, 5) is 27.4. The zero-order valence-electron chi connectivity index (χ0n) is 13.1. The van der Waals surface area contributed by atoms with Gasteiger partial charge in [-0.2, -0.15) is 0 Å². The maximum atomic E-state index is 13.8. The number of thiazole rings is 1. The number of amides is 1. The minimum absolute atomic E-state index is 0.166. The van der Waals surface area contributed by atoms with Crippen LogP contribution in [0, 0.1) is 5.82 Å². The lowest BCUT2D eigenvalue weighted by molar-refractivity contribution is 0.0737. The summed E-state index contributed by atoms with van der Waals surface area (Å²) in [6.45, 7) is 0.913. The second-order valence-electron chi connectivity index (χ2n) is 5.41. The third-order valence-electron chi connectivity index (χ3n) is 3.78. The summed E-state index contributed by atoms with van der Waals surface area (Å²) in [6.07, 6.45) is 4.78. The molecular formula is C17H13FN4O2S. The van der Waals surface area contributed by atoms with E-state index >= 15 is 0 Å². The molecule has 0 radical (unpaired) electrons. The molecule has 2 aromatic heterocycles. The van der Waals surface area contributed by atoms with Crippen molar-refractivity contribution in [3.05, 3.63) is 59.1 Å². The van der Waals surface area contributed by atoms with E-state index in [1.54, 1.807) is 35.5 Å². The Bertz CT molecular complexity index is 916. The summed E-state index contributed by atoms with van der Waals surface area (Å²) < 4.78 is 19.3. The van der Waals surface area contributed by atoms with Gasteiger partial charge in [0.1, 0.15) is 11.5 Å². The molecule has 1 aliphatic rings. The first-order valence-electron chi connectivity index (χ1n) is 7.65. The van der Waals surface area contributed by atoms with Gasteiger partial charge in [-0.3, -0.25) is 4.79 Å². The quantitative estimate of drug-likeness (QED) is 0.706. The zero-order chi connectivity index (χ0) is 17.2. The predicted octanol–water partition coefficient (Wildman–Crippen LogP) is 2.77. The Hall–Kier alpha value is -2.87. The van der Waals surface area contributed by atoms with E-state index in [4.69, 9.17) is 4.74 Å². The number of carbonyl (C=O) groups is 1. The second kappa shape index (κ2) is 6.56. The van der Waals surface area contributed by atoms with Gasteiger partial charge in [0.05, 0.1) is 12.7 Å². The molecule has 3 aromatic rings. The highest BCUT2D eigenvalue weighted by molar-refractivity contribution is 7.16. The predicted molar refractivity (Wildman–Crippen MR) is 89.8 cm³/mol. The lowest BCUT2D eigenvalue weighted by Crippen LogP contribution is -2.31. The average Bonchev–Trinajstić information content (AvgIpc) is 3.03. The summed E-state index contributed by atoms with van der Waals surface area (Å²) in [5.41, 5.74) is 0.655. The Morgan fingerprint density at radius 3 is 2.88 bits per heavy atom. The molecule has 0 atom stereocenters. The van der Waals surface area contributed by atoms with Crippen molar-refractivity contribution in [3.8, 4) is 16.6 Å². The molecule has 3 heterocycles. The lowest BCUT2D eigenvalue weighted by atomic mass is 10.2. The summed E-state index contributed by atoms with van der Waals surface area (Å²) in [5, 5.41) is 0.585. The zero-order valence-corrected chi connectivity index (χ0v) is 13.9. The number of aromatic nitrogens is 3. The number of ether oxygens (including phenoxy) is 1. The summed E-state index contributed by atoms with van der Waals surface area (Å²) in [6, 6.07) is 6.45. The van der Waals surface area contributed by atoms with Crippen molar-refractivity contribution in [2.45, 2.75) is 6.54 Å². The second-order valence-corrected chi connectivity index (χ2v) is 6.44. The molecule has 25 heavy (non-hydrogen) atoms. The minimum atomic E-state index is -0.409. The molecule has 1 aromatic carbocycles. The van der Waals surface area contributed by atoms with Gasteiger partial charge in [0, 0.05) is 24.5 Å². The maximum absolute atomic E-state index is 13.8. The standard InChI is InChI=1S/C17H13FN4O2S/c18-12-4-1-3-11-10-22(7-8-24-14(11)12)17(23)13-9-21-16(25-13)15-19-5-2-6-20-15/h1-6,9H,7-8,10H2. The molecule has 4 rings (SSSR count). The molecule has 1 amide bonds. The van der Waals surface area contributed by atoms with Crippen LogP contribution in [0.1, 0.15) is 15.2 Å². The number of benzene rings is 1. The molecule has 0 N–H and O–H groups in total. The van der Waals surface area contributed by atoms with Gasteiger partial charge in [0.25, 0.3) is 5.91 Å². The van der Waals surface area contributed by atoms with Crippen molar-refractivity contribution in [2.24, 2.45) is 0 Å². The van der Waals surface area contributed by atoms with E-state index in [1.807, 2.05) is 0 Å². The van der Waals surface area contributed by atoms with Gasteiger partial charge >= 0.3 is 0 Å². The van der Waals surface area contributed by atoms with Crippen LogP contribution < -0.4 is 4.74 Å². The molecule has 126 valence electrons. The third-order valence-corrected chi connectivity index (χ3v) is 4.76. The Balaban J connectivity index is 1.58. The van der Waals surface area contributed by atoms with Gasteiger partial charge in [0.2, 0.25) is 0 Å². The van der Waals surface area contributed by atoms with Crippen LogP contribution in [-0.4, -0.2) is 38.9 Å². The van der Waals surface area contributed by atoms with E-state index in [-0.39, 0.29) is 18.3 Å². The molecule has 1 aliphatic heterocycles. The van der Waals surface area contributed by atoms with Crippen molar-refractivity contribution in [3.63, 3.8) is 0 Å². The number of fused-ring (bicyclic) bond motifs is 1. The SMILES string of the molecule is O=C(c1cnc(-c2ncccn2)s1)N1CCOc2c(F)cccc2C1. The maximum Gasteiger partial charge on any atom is 0.266 e. The van der Waals surface area contributed by atoms with Crippen LogP contribution in [-0.2, 0) is 6.54 Å². The molecule has 0 saturated heterocycles. The fourth-order valence-corrected chi connectivity index (χ4v) is 3.43. The van der Waals surface area contributed by atoms with Crippen molar-refractivity contribution in [1.29, 1.82) is 0 Å². The van der Waals surface area contributed by atoms with E-state index in [1.165, 1.54) is 23.6 Å². The third kappa shape index (κ3) is 3.08. The average molecular weight is 356 g/mol. The van der Waals surface area contributed by atoms with Crippen LogP contribution in [0.15, 0.2) is 42.9 Å². The topological polar surface area (TPSA) is 68.2 Å².